The minimum Gasteiger partial charge on any atom is -0.350 e. The standard InChI is InChI=1S/C22H34N4O2/c1-2-25-14-11-18(24-25)21(28)23-16-22-12-6-9-19(22)26(20(27)10-13-22)15-17-7-4-3-5-8-17/h11,14,17,19H,2-10,12-13,15-16H2,1H3,(H,23,28)/t19-,22+/m1/s1. The molecule has 2 atom stereocenters. The lowest BCUT2D eigenvalue weighted by molar-refractivity contribution is -0.142. The lowest BCUT2D eigenvalue weighted by atomic mass is 9.74. The summed E-state index contributed by atoms with van der Waals surface area (Å²) in [6.45, 7) is 4.36. The highest BCUT2D eigenvalue weighted by atomic mass is 16.2. The van der Waals surface area contributed by atoms with Crippen molar-refractivity contribution in [1.29, 1.82) is 0 Å². The Morgan fingerprint density at radius 2 is 2.04 bits per heavy atom. The Balaban J connectivity index is 1.42. The van der Waals surface area contributed by atoms with E-state index in [4.69, 9.17) is 0 Å². The van der Waals surface area contributed by atoms with Crippen LogP contribution < -0.4 is 5.32 Å². The van der Waals surface area contributed by atoms with Crippen LogP contribution in [0.2, 0.25) is 0 Å². The van der Waals surface area contributed by atoms with Gasteiger partial charge in [-0.3, -0.25) is 14.3 Å². The molecule has 1 N–H and O–H groups in total. The Morgan fingerprint density at radius 1 is 1.21 bits per heavy atom. The molecule has 0 aromatic carbocycles. The number of nitrogens with one attached hydrogen (secondary N) is 1. The van der Waals surface area contributed by atoms with Crippen molar-refractivity contribution in [2.45, 2.75) is 83.7 Å². The quantitative estimate of drug-likeness (QED) is 0.815. The van der Waals surface area contributed by atoms with Gasteiger partial charge in [-0.1, -0.05) is 25.7 Å². The van der Waals surface area contributed by atoms with Gasteiger partial charge in [0.2, 0.25) is 5.91 Å². The van der Waals surface area contributed by atoms with Gasteiger partial charge in [0.25, 0.3) is 5.91 Å². The molecule has 2 aliphatic carbocycles. The second kappa shape index (κ2) is 8.26. The molecule has 6 heteroatoms. The zero-order valence-corrected chi connectivity index (χ0v) is 17.2. The lowest BCUT2D eigenvalue weighted by Crippen LogP contribution is -2.57. The van der Waals surface area contributed by atoms with E-state index >= 15 is 0 Å². The van der Waals surface area contributed by atoms with Crippen molar-refractivity contribution in [3.05, 3.63) is 18.0 Å². The van der Waals surface area contributed by atoms with Gasteiger partial charge in [-0.05, 0) is 51.0 Å². The van der Waals surface area contributed by atoms with Crippen LogP contribution in [0, 0.1) is 11.3 Å². The number of piperidine rings is 1. The van der Waals surface area contributed by atoms with E-state index in [0.29, 0.717) is 36.5 Å². The summed E-state index contributed by atoms with van der Waals surface area (Å²) < 4.78 is 1.77. The van der Waals surface area contributed by atoms with Crippen molar-refractivity contribution in [1.82, 2.24) is 20.0 Å². The molecule has 4 rings (SSSR count). The third kappa shape index (κ3) is 3.83. The van der Waals surface area contributed by atoms with Crippen LogP contribution in [0.1, 0.15) is 81.6 Å². The SMILES string of the molecule is CCn1ccc(C(=O)NC[C@@]23CCC[C@H]2N(CC2CCCCC2)C(=O)CC3)n1. The molecule has 28 heavy (non-hydrogen) atoms. The van der Waals surface area contributed by atoms with Crippen LogP contribution in [0.25, 0.3) is 0 Å². The van der Waals surface area contributed by atoms with Crippen LogP contribution in [0.15, 0.2) is 12.3 Å². The minimum absolute atomic E-state index is 0.0472. The molecule has 0 bridgehead atoms. The highest BCUT2D eigenvalue weighted by Gasteiger charge is 2.50. The van der Waals surface area contributed by atoms with Crippen LogP contribution in [0.3, 0.4) is 0 Å². The summed E-state index contributed by atoms with van der Waals surface area (Å²) in [5, 5.41) is 7.47. The first-order chi connectivity index (χ1) is 13.6. The van der Waals surface area contributed by atoms with Gasteiger partial charge >= 0.3 is 0 Å². The maximum absolute atomic E-state index is 12.8. The predicted octanol–water partition coefficient (Wildman–Crippen LogP) is 3.37. The number of hydrogen-bond acceptors (Lipinski definition) is 3. The van der Waals surface area contributed by atoms with Crippen molar-refractivity contribution in [2.24, 2.45) is 11.3 Å². The van der Waals surface area contributed by atoms with E-state index in [1.165, 1.54) is 32.1 Å². The van der Waals surface area contributed by atoms with E-state index in [0.717, 1.165) is 38.8 Å². The van der Waals surface area contributed by atoms with Gasteiger partial charge in [-0.15, -0.1) is 0 Å². The normalized spacial score (nSPS) is 28.4. The molecule has 0 spiro atoms. The van der Waals surface area contributed by atoms with Crippen molar-refractivity contribution in [2.75, 3.05) is 13.1 Å². The fourth-order valence-electron chi connectivity index (χ4n) is 5.75. The second-order valence-corrected chi connectivity index (χ2v) is 9.06. The maximum Gasteiger partial charge on any atom is 0.271 e. The number of carbonyl (C=O) groups excluding carboxylic acids is 2. The van der Waals surface area contributed by atoms with Gasteiger partial charge in [-0.25, -0.2) is 0 Å². The number of rotatable bonds is 6. The monoisotopic (exact) mass is 386 g/mol. The lowest BCUT2D eigenvalue weighted by Gasteiger charge is -2.47. The second-order valence-electron chi connectivity index (χ2n) is 9.06. The Labute approximate surface area is 168 Å². The molecule has 0 radical (unpaired) electrons. The van der Waals surface area contributed by atoms with Crippen LogP contribution in [-0.4, -0.2) is 45.6 Å². The van der Waals surface area contributed by atoms with E-state index in [9.17, 15) is 9.59 Å². The fraction of sp³-hybridized carbons (Fsp3) is 0.773. The molecule has 2 saturated carbocycles. The highest BCUT2D eigenvalue weighted by molar-refractivity contribution is 5.92. The van der Waals surface area contributed by atoms with Crippen molar-refractivity contribution >= 4 is 11.8 Å². The summed E-state index contributed by atoms with van der Waals surface area (Å²) in [5.74, 6) is 0.908. The first-order valence-corrected chi connectivity index (χ1v) is 11.2. The highest BCUT2D eigenvalue weighted by Crippen LogP contribution is 2.48. The zero-order valence-electron chi connectivity index (χ0n) is 17.2. The molecular formula is C22H34N4O2. The summed E-state index contributed by atoms with van der Waals surface area (Å²) in [4.78, 5) is 27.6. The van der Waals surface area contributed by atoms with Crippen LogP contribution in [-0.2, 0) is 11.3 Å². The van der Waals surface area contributed by atoms with Gasteiger partial charge in [0.05, 0.1) is 0 Å². The summed E-state index contributed by atoms with van der Waals surface area (Å²) in [5.41, 5.74) is 0.532. The smallest absolute Gasteiger partial charge is 0.271 e. The molecule has 2 amide bonds. The summed E-state index contributed by atoms with van der Waals surface area (Å²) >= 11 is 0. The number of aromatic nitrogens is 2. The number of hydrogen-bond donors (Lipinski definition) is 1. The average molecular weight is 387 g/mol. The summed E-state index contributed by atoms with van der Waals surface area (Å²) in [6.07, 6.45) is 13.2. The number of carbonyl (C=O) groups is 2. The van der Waals surface area contributed by atoms with E-state index in [1.54, 1.807) is 10.7 Å². The molecule has 3 aliphatic rings. The van der Waals surface area contributed by atoms with E-state index in [-0.39, 0.29) is 11.3 Å². The number of fused-ring (bicyclic) bond motifs is 1. The van der Waals surface area contributed by atoms with Gasteiger partial charge in [0.15, 0.2) is 0 Å². The molecule has 0 unspecified atom stereocenters. The maximum atomic E-state index is 12.8. The van der Waals surface area contributed by atoms with Crippen molar-refractivity contribution in [3.8, 4) is 0 Å². The first kappa shape index (κ1) is 19.5. The predicted molar refractivity (Wildman–Crippen MR) is 108 cm³/mol. The number of aryl methyl sites for hydroxylation is 1. The first-order valence-electron chi connectivity index (χ1n) is 11.2. The molecule has 1 aromatic heterocycles. The van der Waals surface area contributed by atoms with Gasteiger partial charge in [-0.2, -0.15) is 5.10 Å². The van der Waals surface area contributed by atoms with Crippen molar-refractivity contribution in [3.63, 3.8) is 0 Å². The average Bonchev–Trinajstić information content (AvgIpc) is 3.37. The number of likely N-dealkylation sites (tertiary alicyclic amines) is 1. The topological polar surface area (TPSA) is 67.2 Å². The Kier molecular flexibility index (Phi) is 5.74. The Bertz CT molecular complexity index is 709. The third-order valence-electron chi connectivity index (χ3n) is 7.37. The minimum atomic E-state index is -0.0945. The molecule has 154 valence electrons. The Hall–Kier alpha value is -1.85. The molecule has 6 nitrogen and oxygen atoms in total. The molecule has 1 aliphatic heterocycles. The third-order valence-corrected chi connectivity index (χ3v) is 7.37. The molecular weight excluding hydrogens is 352 g/mol. The van der Waals surface area contributed by atoms with Crippen LogP contribution >= 0.6 is 0 Å². The fourth-order valence-corrected chi connectivity index (χ4v) is 5.75. The van der Waals surface area contributed by atoms with E-state index < -0.39 is 0 Å². The summed E-state index contributed by atoms with van der Waals surface area (Å²) in [7, 11) is 0. The number of nitrogens with zero attached hydrogens (tertiary/aromatic N) is 3. The molecule has 1 saturated heterocycles. The van der Waals surface area contributed by atoms with Crippen LogP contribution in [0.5, 0.6) is 0 Å². The zero-order chi connectivity index (χ0) is 19.6. The molecule has 2 heterocycles. The molecule has 3 fully saturated rings. The van der Waals surface area contributed by atoms with Gasteiger partial charge < -0.3 is 10.2 Å². The summed E-state index contributed by atoms with van der Waals surface area (Å²) in [6, 6.07) is 2.08. The van der Waals surface area contributed by atoms with E-state index in [2.05, 4.69) is 15.3 Å². The van der Waals surface area contributed by atoms with Gasteiger partial charge in [0.1, 0.15) is 5.69 Å². The van der Waals surface area contributed by atoms with Gasteiger partial charge in [0, 0.05) is 43.7 Å². The Morgan fingerprint density at radius 3 is 2.79 bits per heavy atom. The van der Waals surface area contributed by atoms with E-state index in [1.807, 2.05) is 13.1 Å². The van der Waals surface area contributed by atoms with Crippen molar-refractivity contribution < 1.29 is 9.59 Å². The van der Waals surface area contributed by atoms with Crippen LogP contribution in [0.4, 0.5) is 0 Å². The number of amides is 2. The largest absolute Gasteiger partial charge is 0.350 e. The molecule has 1 aromatic rings.